The molecule has 1 atom stereocenters. The van der Waals surface area contributed by atoms with E-state index in [1.807, 2.05) is 43.3 Å². The zero-order chi connectivity index (χ0) is 11.5. The topological polar surface area (TPSA) is 22.4 Å². The molecule has 16 heavy (non-hydrogen) atoms. The number of hydrogen-bond donors (Lipinski definition) is 0. The van der Waals surface area contributed by atoms with Crippen LogP contribution in [0.5, 0.6) is 5.75 Å². The van der Waals surface area contributed by atoms with Gasteiger partial charge >= 0.3 is 0 Å². The van der Waals surface area contributed by atoms with Gasteiger partial charge in [-0.2, -0.15) is 0 Å². The predicted octanol–water partition coefficient (Wildman–Crippen LogP) is 3.92. The first kappa shape index (κ1) is 11.1. The van der Waals surface area contributed by atoms with Gasteiger partial charge in [-0.15, -0.1) is 11.6 Å². The summed E-state index contributed by atoms with van der Waals surface area (Å²) in [7, 11) is 1.64. The lowest BCUT2D eigenvalue weighted by molar-refractivity contribution is 0.414. The molecular formula is C13H13ClO2. The Labute approximate surface area is 99.8 Å². The molecule has 1 heterocycles. The normalized spacial score (nSPS) is 12.4. The quantitative estimate of drug-likeness (QED) is 0.754. The Morgan fingerprint density at radius 2 is 1.81 bits per heavy atom. The zero-order valence-corrected chi connectivity index (χ0v) is 9.99. The number of furan rings is 1. The highest BCUT2D eigenvalue weighted by molar-refractivity contribution is 6.22. The molecule has 0 radical (unpaired) electrons. The Hall–Kier alpha value is -1.41. The third-order valence-corrected chi connectivity index (χ3v) is 2.89. The fraction of sp³-hybridized carbons (Fsp3) is 0.231. The van der Waals surface area contributed by atoms with E-state index in [9.17, 15) is 0 Å². The van der Waals surface area contributed by atoms with Gasteiger partial charge in [0.05, 0.1) is 7.11 Å². The van der Waals surface area contributed by atoms with Crippen LogP contribution >= 0.6 is 11.6 Å². The van der Waals surface area contributed by atoms with E-state index in [2.05, 4.69) is 0 Å². The third-order valence-electron chi connectivity index (χ3n) is 2.42. The summed E-state index contributed by atoms with van der Waals surface area (Å²) in [6, 6.07) is 11.5. The van der Waals surface area contributed by atoms with Crippen LogP contribution in [0.2, 0.25) is 0 Å². The first-order chi connectivity index (χ1) is 7.70. The Bertz CT molecular complexity index is 459. The SMILES string of the molecule is COc1ccc(C(Cl)c2ccc(C)o2)cc1. The summed E-state index contributed by atoms with van der Waals surface area (Å²) in [5.41, 5.74) is 0.997. The number of aryl methyl sites for hydroxylation is 1. The Kier molecular flexibility index (Phi) is 3.20. The molecule has 2 nitrogen and oxygen atoms in total. The van der Waals surface area contributed by atoms with Crippen LogP contribution < -0.4 is 4.74 Å². The summed E-state index contributed by atoms with van der Waals surface area (Å²) in [4.78, 5) is 0. The summed E-state index contributed by atoms with van der Waals surface area (Å²) >= 11 is 6.31. The van der Waals surface area contributed by atoms with Crippen LogP contribution in [0.1, 0.15) is 22.5 Å². The smallest absolute Gasteiger partial charge is 0.126 e. The van der Waals surface area contributed by atoms with Crippen molar-refractivity contribution in [1.29, 1.82) is 0 Å². The molecule has 0 N–H and O–H groups in total. The number of alkyl halides is 1. The molecular weight excluding hydrogens is 224 g/mol. The van der Waals surface area contributed by atoms with E-state index in [4.69, 9.17) is 20.8 Å². The molecule has 0 saturated heterocycles. The molecule has 0 amide bonds. The monoisotopic (exact) mass is 236 g/mol. The number of ether oxygens (including phenoxy) is 1. The Morgan fingerprint density at radius 3 is 2.31 bits per heavy atom. The summed E-state index contributed by atoms with van der Waals surface area (Å²) < 4.78 is 10.6. The molecule has 0 saturated carbocycles. The van der Waals surface area contributed by atoms with Gasteiger partial charge in [-0.05, 0) is 36.8 Å². The molecule has 1 aromatic heterocycles. The molecule has 3 heteroatoms. The number of methoxy groups -OCH3 is 1. The van der Waals surface area contributed by atoms with E-state index < -0.39 is 0 Å². The van der Waals surface area contributed by atoms with Crippen molar-refractivity contribution in [2.45, 2.75) is 12.3 Å². The maximum Gasteiger partial charge on any atom is 0.126 e. The molecule has 0 fully saturated rings. The highest BCUT2D eigenvalue weighted by Crippen LogP contribution is 2.30. The maximum atomic E-state index is 6.31. The van der Waals surface area contributed by atoms with E-state index in [0.717, 1.165) is 22.8 Å². The van der Waals surface area contributed by atoms with Crippen LogP contribution in [0.25, 0.3) is 0 Å². The molecule has 1 aromatic carbocycles. The number of benzene rings is 1. The average Bonchev–Trinajstić information content (AvgIpc) is 2.75. The minimum absolute atomic E-state index is 0.250. The van der Waals surface area contributed by atoms with Crippen molar-refractivity contribution in [3.63, 3.8) is 0 Å². The second-order valence-corrected chi connectivity index (χ2v) is 4.02. The molecule has 2 rings (SSSR count). The summed E-state index contributed by atoms with van der Waals surface area (Å²) in [5.74, 6) is 2.46. The first-order valence-corrected chi connectivity index (χ1v) is 5.48. The Balaban J connectivity index is 2.23. The van der Waals surface area contributed by atoms with Crippen molar-refractivity contribution >= 4 is 11.6 Å². The molecule has 0 aliphatic rings. The van der Waals surface area contributed by atoms with E-state index in [1.165, 1.54) is 0 Å². The maximum absolute atomic E-state index is 6.31. The van der Waals surface area contributed by atoms with Gasteiger partial charge in [0, 0.05) is 0 Å². The number of rotatable bonds is 3. The minimum Gasteiger partial charge on any atom is -0.497 e. The van der Waals surface area contributed by atoms with Crippen LogP contribution in [-0.4, -0.2) is 7.11 Å². The van der Waals surface area contributed by atoms with Crippen LogP contribution in [-0.2, 0) is 0 Å². The van der Waals surface area contributed by atoms with Crippen LogP contribution in [0.3, 0.4) is 0 Å². The highest BCUT2D eigenvalue weighted by Gasteiger charge is 2.14. The second kappa shape index (κ2) is 4.62. The van der Waals surface area contributed by atoms with Gasteiger partial charge in [-0.25, -0.2) is 0 Å². The first-order valence-electron chi connectivity index (χ1n) is 5.05. The van der Waals surface area contributed by atoms with E-state index >= 15 is 0 Å². The van der Waals surface area contributed by atoms with Crippen molar-refractivity contribution in [1.82, 2.24) is 0 Å². The van der Waals surface area contributed by atoms with Gasteiger partial charge in [0.15, 0.2) is 0 Å². The largest absolute Gasteiger partial charge is 0.497 e. The number of halogens is 1. The van der Waals surface area contributed by atoms with Crippen molar-refractivity contribution in [3.05, 3.63) is 53.5 Å². The molecule has 0 bridgehead atoms. The van der Waals surface area contributed by atoms with E-state index in [-0.39, 0.29) is 5.38 Å². The van der Waals surface area contributed by atoms with Crippen molar-refractivity contribution in [2.75, 3.05) is 7.11 Å². The minimum atomic E-state index is -0.250. The van der Waals surface area contributed by atoms with Crippen molar-refractivity contribution in [2.24, 2.45) is 0 Å². The number of hydrogen-bond acceptors (Lipinski definition) is 2. The van der Waals surface area contributed by atoms with Crippen LogP contribution in [0.4, 0.5) is 0 Å². The van der Waals surface area contributed by atoms with Gasteiger partial charge < -0.3 is 9.15 Å². The second-order valence-electron chi connectivity index (χ2n) is 3.58. The summed E-state index contributed by atoms with van der Waals surface area (Å²) in [5, 5.41) is -0.250. The van der Waals surface area contributed by atoms with Crippen molar-refractivity contribution in [3.8, 4) is 5.75 Å². The fourth-order valence-electron chi connectivity index (χ4n) is 1.53. The van der Waals surface area contributed by atoms with Gasteiger partial charge in [-0.1, -0.05) is 12.1 Å². The van der Waals surface area contributed by atoms with E-state index in [0.29, 0.717) is 0 Å². The lowest BCUT2D eigenvalue weighted by atomic mass is 10.1. The van der Waals surface area contributed by atoms with Crippen LogP contribution in [0.15, 0.2) is 40.8 Å². The average molecular weight is 237 g/mol. The standard InChI is InChI=1S/C13H13ClO2/c1-9-3-8-12(16-9)13(14)10-4-6-11(15-2)7-5-10/h3-8,13H,1-2H3. The van der Waals surface area contributed by atoms with Gasteiger partial charge in [0.2, 0.25) is 0 Å². The van der Waals surface area contributed by atoms with Gasteiger partial charge in [0.25, 0.3) is 0 Å². The molecule has 1 unspecified atom stereocenters. The van der Waals surface area contributed by atoms with Crippen molar-refractivity contribution < 1.29 is 9.15 Å². The fourth-order valence-corrected chi connectivity index (χ4v) is 1.79. The molecule has 0 aliphatic heterocycles. The molecule has 84 valence electrons. The Morgan fingerprint density at radius 1 is 1.12 bits per heavy atom. The summed E-state index contributed by atoms with van der Waals surface area (Å²) in [6.07, 6.45) is 0. The van der Waals surface area contributed by atoms with Crippen LogP contribution in [0, 0.1) is 6.92 Å². The lowest BCUT2D eigenvalue weighted by Crippen LogP contribution is -1.91. The zero-order valence-electron chi connectivity index (χ0n) is 9.24. The third kappa shape index (κ3) is 2.22. The highest BCUT2D eigenvalue weighted by atomic mass is 35.5. The van der Waals surface area contributed by atoms with Gasteiger partial charge in [0.1, 0.15) is 22.6 Å². The summed E-state index contributed by atoms with van der Waals surface area (Å²) in [6.45, 7) is 1.90. The predicted molar refractivity (Wildman–Crippen MR) is 64.1 cm³/mol. The lowest BCUT2D eigenvalue weighted by Gasteiger charge is -2.07. The van der Waals surface area contributed by atoms with E-state index in [1.54, 1.807) is 7.11 Å². The molecule has 2 aromatic rings. The van der Waals surface area contributed by atoms with Gasteiger partial charge in [-0.3, -0.25) is 0 Å². The molecule has 0 spiro atoms. The molecule has 0 aliphatic carbocycles.